The molecule has 3 N–H and O–H groups in total. The number of H-pyrrole nitrogens is 1. The van der Waals surface area contributed by atoms with Gasteiger partial charge in [-0.3, -0.25) is 5.41 Å². The number of furan rings is 1. The lowest BCUT2D eigenvalue weighted by Gasteiger charge is -2.10. The van der Waals surface area contributed by atoms with E-state index in [4.69, 9.17) is 9.83 Å². The minimum atomic E-state index is 0.0608. The predicted octanol–water partition coefficient (Wildman–Crippen LogP) is 2.75. The highest BCUT2D eigenvalue weighted by molar-refractivity contribution is 6.23. The SMILES string of the molecule is N=C1C(c2nc3ccccc3[nH]2)=C(O)CN1/N=C\c1ccco1. The van der Waals surface area contributed by atoms with Gasteiger partial charge in [0.2, 0.25) is 0 Å². The van der Waals surface area contributed by atoms with Crippen LogP contribution in [0, 0.1) is 5.41 Å². The van der Waals surface area contributed by atoms with E-state index < -0.39 is 0 Å². The second-order valence-electron chi connectivity index (χ2n) is 5.09. The molecule has 0 saturated carbocycles. The minimum absolute atomic E-state index is 0.0608. The molecule has 0 amide bonds. The molecule has 0 spiro atoms. The Hall–Kier alpha value is -3.35. The number of para-hydroxylation sites is 2. The first-order valence-electron chi connectivity index (χ1n) is 7.03. The van der Waals surface area contributed by atoms with Crippen LogP contribution < -0.4 is 0 Å². The Labute approximate surface area is 131 Å². The summed E-state index contributed by atoms with van der Waals surface area (Å²) >= 11 is 0. The molecular weight excluding hydrogens is 294 g/mol. The van der Waals surface area contributed by atoms with E-state index in [1.807, 2.05) is 24.3 Å². The molecule has 0 unspecified atom stereocenters. The molecule has 1 aliphatic heterocycles. The number of aliphatic hydroxyl groups excluding tert-OH is 1. The average molecular weight is 307 g/mol. The van der Waals surface area contributed by atoms with Crippen molar-refractivity contribution in [2.24, 2.45) is 5.10 Å². The van der Waals surface area contributed by atoms with Crippen LogP contribution in [0.4, 0.5) is 0 Å². The smallest absolute Gasteiger partial charge is 0.156 e. The minimum Gasteiger partial charge on any atom is -0.509 e. The number of amidine groups is 1. The zero-order chi connectivity index (χ0) is 15.8. The molecule has 0 fully saturated rings. The summed E-state index contributed by atoms with van der Waals surface area (Å²) in [6.07, 6.45) is 3.05. The van der Waals surface area contributed by atoms with Crippen LogP contribution in [0.1, 0.15) is 11.6 Å². The molecule has 4 rings (SSSR count). The number of benzene rings is 1. The fourth-order valence-corrected chi connectivity index (χ4v) is 2.48. The van der Waals surface area contributed by atoms with Crippen LogP contribution in [-0.4, -0.2) is 38.7 Å². The Morgan fingerprint density at radius 3 is 2.96 bits per heavy atom. The summed E-state index contributed by atoms with van der Waals surface area (Å²) in [7, 11) is 0. The van der Waals surface area contributed by atoms with E-state index in [2.05, 4.69) is 15.1 Å². The fraction of sp³-hybridized carbons (Fsp3) is 0.0625. The lowest BCUT2D eigenvalue weighted by Crippen LogP contribution is -2.20. The molecule has 3 heterocycles. The number of imidazole rings is 1. The van der Waals surface area contributed by atoms with E-state index in [1.165, 1.54) is 11.2 Å². The lowest BCUT2D eigenvalue weighted by atomic mass is 10.2. The first kappa shape index (κ1) is 13.3. The van der Waals surface area contributed by atoms with E-state index in [0.29, 0.717) is 17.2 Å². The maximum absolute atomic E-state index is 10.2. The molecule has 2 aromatic heterocycles. The molecule has 0 aliphatic carbocycles. The van der Waals surface area contributed by atoms with Crippen LogP contribution in [0.25, 0.3) is 16.6 Å². The summed E-state index contributed by atoms with van der Waals surface area (Å²) < 4.78 is 5.17. The fourth-order valence-electron chi connectivity index (χ4n) is 2.48. The summed E-state index contributed by atoms with van der Waals surface area (Å²) in [6.45, 7) is 0.127. The van der Waals surface area contributed by atoms with Gasteiger partial charge in [0.25, 0.3) is 0 Å². The van der Waals surface area contributed by atoms with Crippen molar-refractivity contribution in [2.75, 3.05) is 6.54 Å². The van der Waals surface area contributed by atoms with Crippen molar-refractivity contribution < 1.29 is 9.52 Å². The van der Waals surface area contributed by atoms with E-state index in [-0.39, 0.29) is 18.1 Å². The third kappa shape index (κ3) is 2.28. The number of aromatic nitrogens is 2. The van der Waals surface area contributed by atoms with Gasteiger partial charge in [0.05, 0.1) is 23.5 Å². The molecule has 1 aliphatic rings. The zero-order valence-electron chi connectivity index (χ0n) is 12.0. The summed E-state index contributed by atoms with van der Waals surface area (Å²) in [5, 5.41) is 24.0. The molecule has 114 valence electrons. The first-order chi connectivity index (χ1) is 11.2. The summed E-state index contributed by atoms with van der Waals surface area (Å²) in [4.78, 5) is 7.55. The lowest BCUT2D eigenvalue weighted by molar-refractivity contribution is 0.357. The normalized spacial score (nSPS) is 15.5. The summed E-state index contributed by atoms with van der Waals surface area (Å²) in [6, 6.07) is 11.1. The van der Waals surface area contributed by atoms with E-state index in [9.17, 15) is 5.11 Å². The first-order valence-corrected chi connectivity index (χ1v) is 7.03. The third-order valence-corrected chi connectivity index (χ3v) is 3.58. The molecule has 0 radical (unpaired) electrons. The second-order valence-corrected chi connectivity index (χ2v) is 5.09. The number of hydrogen-bond donors (Lipinski definition) is 3. The topological polar surface area (TPSA) is 102 Å². The number of rotatable bonds is 3. The van der Waals surface area contributed by atoms with Gasteiger partial charge in [-0.1, -0.05) is 12.1 Å². The molecule has 7 heteroatoms. The van der Waals surface area contributed by atoms with Gasteiger partial charge >= 0.3 is 0 Å². The van der Waals surface area contributed by atoms with Gasteiger partial charge in [-0.2, -0.15) is 5.10 Å². The summed E-state index contributed by atoms with van der Waals surface area (Å²) in [5.74, 6) is 1.19. The highest BCUT2D eigenvalue weighted by Gasteiger charge is 2.30. The van der Waals surface area contributed by atoms with E-state index in [1.54, 1.807) is 18.4 Å². The molecule has 1 aromatic carbocycles. The molecule has 0 saturated heterocycles. The van der Waals surface area contributed by atoms with E-state index >= 15 is 0 Å². The second kappa shape index (κ2) is 5.13. The Bertz CT molecular complexity index is 903. The molecule has 0 atom stereocenters. The number of hydrogen-bond acceptors (Lipinski definition) is 5. The Kier molecular flexibility index (Phi) is 2.97. The van der Waals surface area contributed by atoms with Gasteiger partial charge in [0.15, 0.2) is 5.84 Å². The highest BCUT2D eigenvalue weighted by Crippen LogP contribution is 2.27. The number of fused-ring (bicyclic) bond motifs is 1. The Morgan fingerprint density at radius 1 is 1.30 bits per heavy atom. The van der Waals surface area contributed by atoms with Gasteiger partial charge in [0, 0.05) is 0 Å². The number of aliphatic hydroxyl groups is 1. The summed E-state index contributed by atoms with van der Waals surface area (Å²) in [5.41, 5.74) is 2.00. The van der Waals surface area contributed by atoms with Crippen LogP contribution in [0.15, 0.2) is 57.9 Å². The van der Waals surface area contributed by atoms with Crippen LogP contribution in [0.2, 0.25) is 0 Å². The van der Waals surface area contributed by atoms with Gasteiger partial charge in [-0.15, -0.1) is 0 Å². The van der Waals surface area contributed by atoms with Crippen molar-refractivity contribution in [3.05, 3.63) is 60.0 Å². The van der Waals surface area contributed by atoms with Gasteiger partial charge < -0.3 is 14.5 Å². The van der Waals surface area contributed by atoms with E-state index in [0.717, 1.165) is 11.0 Å². The number of nitrogens with zero attached hydrogens (tertiary/aromatic N) is 3. The number of hydrazone groups is 1. The quantitative estimate of drug-likeness (QED) is 0.647. The van der Waals surface area contributed by atoms with Gasteiger partial charge in [-0.25, -0.2) is 9.99 Å². The van der Waals surface area contributed by atoms with Crippen molar-refractivity contribution in [2.45, 2.75) is 0 Å². The van der Waals surface area contributed by atoms with Gasteiger partial charge in [-0.05, 0) is 24.3 Å². The van der Waals surface area contributed by atoms with Crippen LogP contribution in [0.5, 0.6) is 0 Å². The number of nitrogens with one attached hydrogen (secondary N) is 2. The Balaban J connectivity index is 1.64. The van der Waals surface area contributed by atoms with Crippen molar-refractivity contribution >= 4 is 28.7 Å². The molecular formula is C16H13N5O2. The average Bonchev–Trinajstić information content (AvgIpc) is 3.24. The highest BCUT2D eigenvalue weighted by atomic mass is 16.3. The molecule has 23 heavy (non-hydrogen) atoms. The number of aromatic amines is 1. The largest absolute Gasteiger partial charge is 0.509 e. The van der Waals surface area contributed by atoms with Crippen LogP contribution in [-0.2, 0) is 0 Å². The zero-order valence-corrected chi connectivity index (χ0v) is 12.0. The predicted molar refractivity (Wildman–Crippen MR) is 86.4 cm³/mol. The molecule has 7 nitrogen and oxygen atoms in total. The molecule has 3 aromatic rings. The standard InChI is InChI=1S/C16H13N5O2/c17-15-14(16-19-11-5-1-2-6-12(11)20-16)13(22)9-21(15)18-8-10-4-3-7-23-10/h1-8,17,22H,9H2,(H,19,20)/b17-15?,18-8-. The molecule has 0 bridgehead atoms. The van der Waals surface area contributed by atoms with Gasteiger partial charge in [0.1, 0.15) is 29.5 Å². The monoisotopic (exact) mass is 307 g/mol. The maximum Gasteiger partial charge on any atom is 0.156 e. The van der Waals surface area contributed by atoms with Crippen molar-refractivity contribution in [1.29, 1.82) is 5.41 Å². The maximum atomic E-state index is 10.2. The Morgan fingerprint density at radius 2 is 2.17 bits per heavy atom. The van der Waals surface area contributed by atoms with Crippen LogP contribution >= 0.6 is 0 Å². The van der Waals surface area contributed by atoms with Crippen molar-refractivity contribution in [1.82, 2.24) is 15.0 Å². The van der Waals surface area contributed by atoms with Crippen molar-refractivity contribution in [3.63, 3.8) is 0 Å². The van der Waals surface area contributed by atoms with Crippen LogP contribution in [0.3, 0.4) is 0 Å². The van der Waals surface area contributed by atoms with Crippen molar-refractivity contribution in [3.8, 4) is 0 Å². The third-order valence-electron chi connectivity index (χ3n) is 3.58.